The molecule has 112 valence electrons. The molecule has 0 unspecified atom stereocenters. The largest absolute Gasteiger partial charge is 0.506 e. The van der Waals surface area contributed by atoms with Crippen molar-refractivity contribution >= 4 is 46.4 Å². The van der Waals surface area contributed by atoms with Crippen molar-refractivity contribution in [1.82, 2.24) is 0 Å². The Balaban J connectivity index is 2.67. The van der Waals surface area contributed by atoms with Gasteiger partial charge in [-0.05, 0) is 23.3 Å². The van der Waals surface area contributed by atoms with Crippen LogP contribution in [-0.4, -0.2) is 10.2 Å². The minimum absolute atomic E-state index is 0.0870. The topological polar surface area (TPSA) is 40.5 Å². The number of hydrogen-bond donors (Lipinski definition) is 2. The highest BCUT2D eigenvalue weighted by Gasteiger charge is 2.29. The Labute approximate surface area is 142 Å². The lowest BCUT2D eigenvalue weighted by molar-refractivity contribution is 0.474. The van der Waals surface area contributed by atoms with Crippen molar-refractivity contribution < 1.29 is 10.2 Å². The van der Waals surface area contributed by atoms with Crippen LogP contribution in [0.15, 0.2) is 24.3 Å². The van der Waals surface area contributed by atoms with E-state index in [9.17, 15) is 10.2 Å². The highest BCUT2D eigenvalue weighted by molar-refractivity contribution is 6.36. The van der Waals surface area contributed by atoms with Crippen molar-refractivity contribution in [1.29, 1.82) is 0 Å². The quantitative estimate of drug-likeness (QED) is 0.681. The molecular weight excluding hydrogens is 354 g/mol. The second kappa shape index (κ2) is 5.77. The fraction of sp³-hybridized carbons (Fsp3) is 0.200. The number of halogens is 4. The second-order valence-electron chi connectivity index (χ2n) is 5.19. The third kappa shape index (κ3) is 3.04. The molecule has 0 aliphatic rings. The van der Waals surface area contributed by atoms with Crippen molar-refractivity contribution in [2.75, 3.05) is 0 Å². The summed E-state index contributed by atoms with van der Waals surface area (Å²) >= 11 is 24.4. The molecular formula is C15H12Cl4O2. The van der Waals surface area contributed by atoms with Gasteiger partial charge in [-0.2, -0.15) is 0 Å². The molecule has 6 heteroatoms. The summed E-state index contributed by atoms with van der Waals surface area (Å²) in [4.78, 5) is 0. The maximum Gasteiger partial charge on any atom is 0.135 e. The van der Waals surface area contributed by atoms with Gasteiger partial charge in [-0.1, -0.05) is 60.3 Å². The van der Waals surface area contributed by atoms with Crippen molar-refractivity contribution in [3.63, 3.8) is 0 Å². The first-order chi connectivity index (χ1) is 9.64. The van der Waals surface area contributed by atoms with Crippen LogP contribution in [0.3, 0.4) is 0 Å². The molecule has 0 aromatic heterocycles. The molecule has 0 radical (unpaired) electrons. The zero-order valence-corrected chi connectivity index (χ0v) is 14.2. The van der Waals surface area contributed by atoms with Crippen LogP contribution in [0.1, 0.15) is 25.0 Å². The van der Waals surface area contributed by atoms with Crippen LogP contribution in [0.25, 0.3) is 0 Å². The number of phenols is 2. The molecule has 21 heavy (non-hydrogen) atoms. The Kier molecular flexibility index (Phi) is 4.55. The minimum Gasteiger partial charge on any atom is -0.506 e. The molecule has 0 bridgehead atoms. The molecule has 0 heterocycles. The molecule has 0 amide bonds. The van der Waals surface area contributed by atoms with E-state index in [0.717, 1.165) is 0 Å². The predicted octanol–water partition coefficient (Wildman–Crippen LogP) is 6.04. The van der Waals surface area contributed by atoms with Crippen LogP contribution in [0.2, 0.25) is 20.1 Å². The molecule has 0 atom stereocenters. The van der Waals surface area contributed by atoms with Gasteiger partial charge < -0.3 is 10.2 Å². The van der Waals surface area contributed by atoms with E-state index in [1.54, 1.807) is 12.1 Å². The monoisotopic (exact) mass is 364 g/mol. The van der Waals surface area contributed by atoms with Crippen LogP contribution in [0.5, 0.6) is 11.5 Å². The van der Waals surface area contributed by atoms with Crippen molar-refractivity contribution in [3.8, 4) is 11.5 Å². The van der Waals surface area contributed by atoms with E-state index in [2.05, 4.69) is 0 Å². The van der Waals surface area contributed by atoms with Gasteiger partial charge in [0.2, 0.25) is 0 Å². The molecule has 2 N–H and O–H groups in total. The molecule has 2 rings (SSSR count). The first kappa shape index (κ1) is 16.6. The van der Waals surface area contributed by atoms with Gasteiger partial charge in [-0.25, -0.2) is 0 Å². The molecule has 0 aliphatic carbocycles. The predicted molar refractivity (Wildman–Crippen MR) is 88.4 cm³/mol. The fourth-order valence-electron chi connectivity index (χ4n) is 2.18. The summed E-state index contributed by atoms with van der Waals surface area (Å²) in [5, 5.41) is 20.3. The van der Waals surface area contributed by atoms with E-state index < -0.39 is 5.41 Å². The Morgan fingerprint density at radius 1 is 0.667 bits per heavy atom. The normalized spacial score (nSPS) is 11.7. The van der Waals surface area contributed by atoms with Crippen LogP contribution in [-0.2, 0) is 5.41 Å². The summed E-state index contributed by atoms with van der Waals surface area (Å²) in [6.07, 6.45) is 0. The lowest BCUT2D eigenvalue weighted by Crippen LogP contribution is -2.20. The zero-order valence-electron chi connectivity index (χ0n) is 11.2. The summed E-state index contributed by atoms with van der Waals surface area (Å²) in [6, 6.07) is 5.96. The number of benzene rings is 2. The molecule has 2 nitrogen and oxygen atoms in total. The molecule has 2 aromatic carbocycles. The Morgan fingerprint density at radius 3 is 1.33 bits per heavy atom. The summed E-state index contributed by atoms with van der Waals surface area (Å²) in [7, 11) is 0. The van der Waals surface area contributed by atoms with Crippen LogP contribution < -0.4 is 0 Å². The summed E-state index contributed by atoms with van der Waals surface area (Å²) < 4.78 is 0. The average molecular weight is 366 g/mol. The molecule has 0 fully saturated rings. The van der Waals surface area contributed by atoms with Crippen LogP contribution in [0.4, 0.5) is 0 Å². The van der Waals surface area contributed by atoms with Gasteiger partial charge in [-0.3, -0.25) is 0 Å². The van der Waals surface area contributed by atoms with Gasteiger partial charge in [0.1, 0.15) is 11.5 Å². The smallest absolute Gasteiger partial charge is 0.135 e. The molecule has 0 saturated carbocycles. The highest BCUT2D eigenvalue weighted by atomic mass is 35.5. The maximum atomic E-state index is 9.60. The summed E-state index contributed by atoms with van der Waals surface area (Å²) in [5.74, 6) is -0.174. The average Bonchev–Trinajstić information content (AvgIpc) is 2.37. The first-order valence-corrected chi connectivity index (χ1v) is 7.52. The minimum atomic E-state index is -0.622. The Morgan fingerprint density at radius 2 is 1.00 bits per heavy atom. The van der Waals surface area contributed by atoms with Gasteiger partial charge in [0.05, 0.1) is 10.0 Å². The molecule has 0 aliphatic heterocycles. The molecule has 0 saturated heterocycles. The molecule has 0 spiro atoms. The third-order valence-electron chi connectivity index (χ3n) is 3.42. The third-order valence-corrected chi connectivity index (χ3v) is 4.65. The second-order valence-corrected chi connectivity index (χ2v) is 6.82. The van der Waals surface area contributed by atoms with Crippen molar-refractivity contribution in [2.24, 2.45) is 0 Å². The van der Waals surface area contributed by atoms with E-state index in [-0.39, 0.29) is 21.5 Å². The first-order valence-electron chi connectivity index (χ1n) is 6.01. The van der Waals surface area contributed by atoms with Crippen molar-refractivity contribution in [2.45, 2.75) is 19.3 Å². The Bertz CT molecular complexity index is 652. The van der Waals surface area contributed by atoms with Crippen LogP contribution in [0, 0.1) is 0 Å². The number of phenolic OH excluding ortho intramolecular Hbond substituents is 2. The number of rotatable bonds is 2. The van der Waals surface area contributed by atoms with Gasteiger partial charge in [0, 0.05) is 27.6 Å². The maximum absolute atomic E-state index is 9.60. The van der Waals surface area contributed by atoms with E-state index in [0.29, 0.717) is 21.2 Å². The standard InChI is InChI=1S/C15H12Cl4O2/c1-15(2,7-3-11(18)13(20)5-9(7)16)8-4-12(19)14(21)6-10(8)17/h3-6,20-21H,1-2H3. The van der Waals surface area contributed by atoms with E-state index in [1.807, 2.05) is 13.8 Å². The summed E-state index contributed by atoms with van der Waals surface area (Å²) in [6.45, 7) is 3.80. The van der Waals surface area contributed by atoms with Crippen molar-refractivity contribution in [3.05, 3.63) is 55.5 Å². The van der Waals surface area contributed by atoms with E-state index in [1.165, 1.54) is 12.1 Å². The lowest BCUT2D eigenvalue weighted by atomic mass is 9.78. The number of hydrogen-bond acceptors (Lipinski definition) is 2. The SMILES string of the molecule is CC(C)(c1cc(Cl)c(O)cc1Cl)c1cc(Cl)c(O)cc1Cl. The van der Waals surface area contributed by atoms with E-state index >= 15 is 0 Å². The van der Waals surface area contributed by atoms with E-state index in [4.69, 9.17) is 46.4 Å². The van der Waals surface area contributed by atoms with Gasteiger partial charge >= 0.3 is 0 Å². The lowest BCUT2D eigenvalue weighted by Gasteiger charge is -2.29. The van der Waals surface area contributed by atoms with Gasteiger partial charge in [0.25, 0.3) is 0 Å². The van der Waals surface area contributed by atoms with Crippen LogP contribution >= 0.6 is 46.4 Å². The zero-order chi connectivity index (χ0) is 15.9. The molecule has 2 aromatic rings. The fourth-order valence-corrected chi connectivity index (χ4v) is 3.29. The number of aromatic hydroxyl groups is 2. The highest BCUT2D eigenvalue weighted by Crippen LogP contribution is 2.44. The van der Waals surface area contributed by atoms with Gasteiger partial charge in [-0.15, -0.1) is 0 Å². The Hall–Kier alpha value is -0.800. The summed E-state index contributed by atoms with van der Waals surface area (Å²) in [5.41, 5.74) is 0.759. The van der Waals surface area contributed by atoms with Gasteiger partial charge in [0.15, 0.2) is 0 Å².